The van der Waals surface area contributed by atoms with Crippen LogP contribution in [0, 0.1) is 29.8 Å². The van der Waals surface area contributed by atoms with Crippen molar-refractivity contribution in [2.24, 2.45) is 5.10 Å². The average molecular weight is 410 g/mol. The van der Waals surface area contributed by atoms with Crippen LogP contribution in [0.2, 0.25) is 0 Å². The number of ether oxygens (including phenoxy) is 1. The maximum absolute atomic E-state index is 13.2. The molecule has 1 N–H and O–H groups in total. The molecule has 0 aliphatic carbocycles. The van der Waals surface area contributed by atoms with E-state index in [1.165, 1.54) is 36.5 Å². The quantitative estimate of drug-likeness (QED) is 0.365. The summed E-state index contributed by atoms with van der Waals surface area (Å²) in [5.74, 6) is -0.866. The van der Waals surface area contributed by atoms with Gasteiger partial charge in [0.2, 0.25) is 0 Å². The van der Waals surface area contributed by atoms with Gasteiger partial charge in [-0.15, -0.1) is 0 Å². The predicted molar refractivity (Wildman–Crippen MR) is 110 cm³/mol. The zero-order chi connectivity index (χ0) is 21.7. The fraction of sp³-hybridized carbons (Fsp3) is 0.143. The largest absolute Gasteiger partial charge is 0.477 e. The first-order valence-corrected chi connectivity index (χ1v) is 9.00. The summed E-state index contributed by atoms with van der Waals surface area (Å²) < 4.78 is 20.3. The monoisotopic (exact) mass is 410 g/mol. The molecular formula is C21H19FN4O4. The SMILES string of the molecule is Cc1cc(/C=N/NC(=O)COc2ccccc2[N+](=O)[O-])c(C)n1-c1ccc(F)cc1. The van der Waals surface area contributed by atoms with E-state index in [2.05, 4.69) is 10.5 Å². The summed E-state index contributed by atoms with van der Waals surface area (Å²) in [4.78, 5) is 22.3. The van der Waals surface area contributed by atoms with Crippen LogP contribution in [0.3, 0.4) is 0 Å². The van der Waals surface area contributed by atoms with Crippen molar-refractivity contribution in [1.82, 2.24) is 9.99 Å². The fourth-order valence-corrected chi connectivity index (χ4v) is 2.99. The molecule has 154 valence electrons. The molecule has 0 unspecified atom stereocenters. The molecule has 2 aromatic carbocycles. The topological polar surface area (TPSA) is 98.8 Å². The Morgan fingerprint density at radius 2 is 1.93 bits per heavy atom. The Morgan fingerprint density at radius 1 is 1.23 bits per heavy atom. The molecule has 0 saturated carbocycles. The zero-order valence-corrected chi connectivity index (χ0v) is 16.3. The molecule has 9 heteroatoms. The van der Waals surface area contributed by atoms with Gasteiger partial charge in [-0.25, -0.2) is 9.82 Å². The molecule has 30 heavy (non-hydrogen) atoms. The Labute approximate surface area is 171 Å². The molecule has 0 aliphatic rings. The highest BCUT2D eigenvalue weighted by atomic mass is 19.1. The second-order valence-corrected chi connectivity index (χ2v) is 6.44. The number of benzene rings is 2. The third-order valence-corrected chi connectivity index (χ3v) is 4.37. The summed E-state index contributed by atoms with van der Waals surface area (Å²) in [5, 5.41) is 14.9. The first kappa shape index (κ1) is 20.7. The number of carbonyl (C=O) groups is 1. The van der Waals surface area contributed by atoms with Crippen molar-refractivity contribution in [1.29, 1.82) is 0 Å². The Hall–Kier alpha value is -4.01. The molecule has 0 spiro atoms. The number of aromatic nitrogens is 1. The first-order chi connectivity index (χ1) is 14.4. The number of nitro groups is 1. The van der Waals surface area contributed by atoms with Crippen molar-refractivity contribution in [3.05, 3.63) is 87.5 Å². The summed E-state index contributed by atoms with van der Waals surface area (Å²) in [5.41, 5.74) is 5.49. The maximum Gasteiger partial charge on any atom is 0.310 e. The van der Waals surface area contributed by atoms with E-state index in [-0.39, 0.29) is 17.3 Å². The molecule has 3 rings (SSSR count). The van der Waals surface area contributed by atoms with Gasteiger partial charge in [0.1, 0.15) is 5.82 Å². The molecule has 0 radical (unpaired) electrons. The normalized spacial score (nSPS) is 10.9. The zero-order valence-electron chi connectivity index (χ0n) is 16.3. The van der Waals surface area contributed by atoms with Gasteiger partial charge in [-0.2, -0.15) is 5.10 Å². The number of hydrazone groups is 1. The van der Waals surface area contributed by atoms with Gasteiger partial charge in [0, 0.05) is 28.7 Å². The fourth-order valence-electron chi connectivity index (χ4n) is 2.99. The number of halogens is 1. The lowest BCUT2D eigenvalue weighted by Crippen LogP contribution is -2.24. The van der Waals surface area contributed by atoms with Crippen LogP contribution in [0.15, 0.2) is 59.7 Å². The van der Waals surface area contributed by atoms with Crippen molar-refractivity contribution in [3.63, 3.8) is 0 Å². The molecule has 0 aliphatic heterocycles. The summed E-state index contributed by atoms with van der Waals surface area (Å²) >= 11 is 0. The molecule has 8 nitrogen and oxygen atoms in total. The molecule has 0 bridgehead atoms. The summed E-state index contributed by atoms with van der Waals surface area (Å²) in [6.07, 6.45) is 1.49. The van der Waals surface area contributed by atoms with Gasteiger partial charge in [0.05, 0.1) is 11.1 Å². The van der Waals surface area contributed by atoms with Crippen molar-refractivity contribution >= 4 is 17.8 Å². The number of amides is 1. The van der Waals surface area contributed by atoms with Crippen molar-refractivity contribution in [2.75, 3.05) is 6.61 Å². The minimum absolute atomic E-state index is 0.00414. The molecular weight excluding hydrogens is 391 g/mol. The molecule has 0 fully saturated rings. The number of carbonyl (C=O) groups excluding carboxylic acids is 1. The second kappa shape index (κ2) is 8.99. The third-order valence-electron chi connectivity index (χ3n) is 4.37. The van der Waals surface area contributed by atoms with E-state index >= 15 is 0 Å². The Balaban J connectivity index is 1.63. The molecule has 0 saturated heterocycles. The van der Waals surface area contributed by atoms with Crippen LogP contribution in [-0.2, 0) is 4.79 Å². The van der Waals surface area contributed by atoms with Crippen LogP contribution in [-0.4, -0.2) is 28.2 Å². The van der Waals surface area contributed by atoms with Gasteiger partial charge in [0.15, 0.2) is 12.4 Å². The molecule has 1 amide bonds. The van der Waals surface area contributed by atoms with E-state index < -0.39 is 17.4 Å². The number of aryl methyl sites for hydroxylation is 1. The molecule has 3 aromatic rings. The van der Waals surface area contributed by atoms with Gasteiger partial charge in [0.25, 0.3) is 5.91 Å². The molecule has 1 aromatic heterocycles. The highest BCUT2D eigenvalue weighted by Crippen LogP contribution is 2.25. The molecule has 0 atom stereocenters. The third kappa shape index (κ3) is 4.69. The Morgan fingerprint density at radius 3 is 2.63 bits per heavy atom. The highest BCUT2D eigenvalue weighted by molar-refractivity contribution is 5.84. The highest BCUT2D eigenvalue weighted by Gasteiger charge is 2.15. The number of nitrogens with one attached hydrogen (secondary N) is 1. The smallest absolute Gasteiger partial charge is 0.310 e. The summed E-state index contributed by atoms with van der Waals surface area (Å²) in [6, 6.07) is 13.8. The summed E-state index contributed by atoms with van der Waals surface area (Å²) in [7, 11) is 0. The van der Waals surface area contributed by atoms with Crippen LogP contribution >= 0.6 is 0 Å². The van der Waals surface area contributed by atoms with E-state index in [1.807, 2.05) is 24.5 Å². The summed E-state index contributed by atoms with van der Waals surface area (Å²) in [6.45, 7) is 3.38. The number of para-hydroxylation sites is 2. The number of nitrogens with zero attached hydrogens (tertiary/aromatic N) is 3. The lowest BCUT2D eigenvalue weighted by atomic mass is 10.2. The first-order valence-electron chi connectivity index (χ1n) is 9.00. The van der Waals surface area contributed by atoms with Crippen LogP contribution in [0.25, 0.3) is 5.69 Å². The number of nitro benzene ring substituents is 1. The van der Waals surface area contributed by atoms with Crippen molar-refractivity contribution < 1.29 is 18.8 Å². The number of hydrogen-bond acceptors (Lipinski definition) is 5. The number of hydrogen-bond donors (Lipinski definition) is 1. The molecule has 1 heterocycles. The van der Waals surface area contributed by atoms with Gasteiger partial charge < -0.3 is 9.30 Å². The predicted octanol–water partition coefficient (Wildman–Crippen LogP) is 3.67. The lowest BCUT2D eigenvalue weighted by molar-refractivity contribution is -0.385. The van der Waals surface area contributed by atoms with Crippen LogP contribution in [0.1, 0.15) is 17.0 Å². The van der Waals surface area contributed by atoms with Crippen LogP contribution < -0.4 is 10.2 Å². The van der Waals surface area contributed by atoms with Crippen molar-refractivity contribution in [3.8, 4) is 11.4 Å². The standard InChI is InChI=1S/C21H19FN4O4/c1-14-11-16(15(2)25(14)18-9-7-17(22)8-10-18)12-23-24-21(27)13-30-20-6-4-3-5-19(20)26(28)29/h3-12H,13H2,1-2H3,(H,24,27)/b23-12+. The van der Waals surface area contributed by atoms with Gasteiger partial charge in [-0.1, -0.05) is 12.1 Å². The van der Waals surface area contributed by atoms with Crippen LogP contribution in [0.5, 0.6) is 5.75 Å². The van der Waals surface area contributed by atoms with Gasteiger partial charge >= 0.3 is 5.69 Å². The van der Waals surface area contributed by atoms with Crippen molar-refractivity contribution in [2.45, 2.75) is 13.8 Å². The van der Waals surface area contributed by atoms with E-state index in [1.54, 1.807) is 18.2 Å². The average Bonchev–Trinajstić information content (AvgIpc) is 3.00. The van der Waals surface area contributed by atoms with E-state index in [4.69, 9.17) is 4.74 Å². The minimum Gasteiger partial charge on any atom is -0.477 e. The Bertz CT molecular complexity index is 1110. The lowest BCUT2D eigenvalue weighted by Gasteiger charge is -2.09. The second-order valence-electron chi connectivity index (χ2n) is 6.44. The van der Waals surface area contributed by atoms with Gasteiger partial charge in [-0.05, 0) is 50.2 Å². The number of rotatable bonds is 7. The van der Waals surface area contributed by atoms with E-state index in [0.717, 1.165) is 22.6 Å². The Kier molecular flexibility index (Phi) is 6.21. The van der Waals surface area contributed by atoms with Gasteiger partial charge in [-0.3, -0.25) is 14.9 Å². The van der Waals surface area contributed by atoms with E-state index in [9.17, 15) is 19.3 Å². The maximum atomic E-state index is 13.2. The van der Waals surface area contributed by atoms with Crippen LogP contribution in [0.4, 0.5) is 10.1 Å². The van der Waals surface area contributed by atoms with E-state index in [0.29, 0.717) is 0 Å². The minimum atomic E-state index is -0.581.